The average molecular weight is 309 g/mol. The van der Waals surface area contributed by atoms with Gasteiger partial charge in [-0.25, -0.2) is 0 Å². The van der Waals surface area contributed by atoms with Gasteiger partial charge in [0.2, 0.25) is 0 Å². The van der Waals surface area contributed by atoms with E-state index in [0.717, 1.165) is 5.69 Å². The van der Waals surface area contributed by atoms with Crippen LogP contribution >= 0.6 is 0 Å². The van der Waals surface area contributed by atoms with Gasteiger partial charge in [0.1, 0.15) is 0 Å². The van der Waals surface area contributed by atoms with Crippen LogP contribution in [0, 0.1) is 13.8 Å². The normalized spacial score (nSPS) is 12.3. The van der Waals surface area contributed by atoms with Crippen LogP contribution in [0.25, 0.3) is 0 Å². The minimum Gasteiger partial charge on any atom is -0.355 e. The Hall–Kier alpha value is -1.76. The van der Waals surface area contributed by atoms with Crippen molar-refractivity contribution < 1.29 is 0 Å². The van der Waals surface area contributed by atoms with Crippen LogP contribution in [-0.4, -0.2) is 0 Å². The van der Waals surface area contributed by atoms with Crippen molar-refractivity contribution in [2.24, 2.45) is 0 Å². The third kappa shape index (κ3) is 4.16. The van der Waals surface area contributed by atoms with Crippen LogP contribution in [-0.2, 0) is 10.8 Å². The predicted octanol–water partition coefficient (Wildman–Crippen LogP) is 6.64. The molecule has 1 nitrogen and oxygen atoms in total. The van der Waals surface area contributed by atoms with E-state index >= 15 is 0 Å². The fourth-order valence-corrected chi connectivity index (χ4v) is 2.79. The summed E-state index contributed by atoms with van der Waals surface area (Å²) in [7, 11) is 0. The Kier molecular flexibility index (Phi) is 4.61. The second-order valence-electron chi connectivity index (χ2n) is 8.69. The highest BCUT2D eigenvalue weighted by atomic mass is 14.9. The average Bonchev–Trinajstić information content (AvgIpc) is 2.41. The zero-order valence-electron chi connectivity index (χ0n) is 16.0. The molecule has 0 aliphatic heterocycles. The smallest absolute Gasteiger partial charge is 0.0443 e. The molecule has 0 aromatic heterocycles. The summed E-state index contributed by atoms with van der Waals surface area (Å²) in [5, 5.41) is 3.60. The molecule has 0 unspecified atom stereocenters. The fraction of sp³-hybridized carbons (Fsp3) is 0.455. The first-order chi connectivity index (χ1) is 10.5. The summed E-state index contributed by atoms with van der Waals surface area (Å²) in [5.41, 5.74) is 8.10. The molecule has 0 heterocycles. The molecule has 2 aromatic rings. The van der Waals surface area contributed by atoms with Crippen molar-refractivity contribution in [2.45, 2.75) is 66.2 Å². The lowest BCUT2D eigenvalue weighted by atomic mass is 9.84. The second kappa shape index (κ2) is 6.03. The Morgan fingerprint density at radius 1 is 0.652 bits per heavy atom. The van der Waals surface area contributed by atoms with Crippen molar-refractivity contribution in [1.82, 2.24) is 0 Å². The summed E-state index contributed by atoms with van der Waals surface area (Å²) >= 11 is 0. The van der Waals surface area contributed by atoms with Crippen molar-refractivity contribution in [3.05, 3.63) is 58.7 Å². The van der Waals surface area contributed by atoms with Crippen LogP contribution in [0.1, 0.15) is 63.8 Å². The molecule has 0 fully saturated rings. The molecular formula is C22H31N. The molecule has 1 N–H and O–H groups in total. The monoisotopic (exact) mass is 309 g/mol. The molecule has 0 saturated heterocycles. The first-order valence-electron chi connectivity index (χ1n) is 8.48. The lowest BCUT2D eigenvalue weighted by Crippen LogP contribution is -2.12. The first-order valence-corrected chi connectivity index (χ1v) is 8.48. The van der Waals surface area contributed by atoms with E-state index in [2.05, 4.69) is 97.1 Å². The molecule has 0 bridgehead atoms. The Balaban J connectivity index is 2.30. The summed E-state index contributed by atoms with van der Waals surface area (Å²) in [6.45, 7) is 17.9. The molecule has 23 heavy (non-hydrogen) atoms. The summed E-state index contributed by atoms with van der Waals surface area (Å²) in [6.07, 6.45) is 0. The van der Waals surface area contributed by atoms with Gasteiger partial charge in [-0.15, -0.1) is 0 Å². The van der Waals surface area contributed by atoms with Crippen LogP contribution in [0.2, 0.25) is 0 Å². The molecule has 0 atom stereocenters. The van der Waals surface area contributed by atoms with Gasteiger partial charge in [-0.2, -0.15) is 0 Å². The SMILES string of the molecule is Cc1cc(C(C)(C)C)cc(C)c1Nc1ccc(C(C)(C)C)cc1. The van der Waals surface area contributed by atoms with E-state index in [1.165, 1.54) is 27.9 Å². The van der Waals surface area contributed by atoms with Gasteiger partial charge in [-0.3, -0.25) is 0 Å². The van der Waals surface area contributed by atoms with Crippen molar-refractivity contribution in [2.75, 3.05) is 5.32 Å². The van der Waals surface area contributed by atoms with Crippen LogP contribution in [0.5, 0.6) is 0 Å². The number of hydrogen-bond donors (Lipinski definition) is 1. The van der Waals surface area contributed by atoms with E-state index in [-0.39, 0.29) is 10.8 Å². The minimum atomic E-state index is 0.183. The molecule has 124 valence electrons. The Morgan fingerprint density at radius 2 is 1.09 bits per heavy atom. The molecule has 0 aliphatic carbocycles. The van der Waals surface area contributed by atoms with E-state index in [9.17, 15) is 0 Å². The topological polar surface area (TPSA) is 12.0 Å². The first kappa shape index (κ1) is 17.6. The number of anilines is 2. The fourth-order valence-electron chi connectivity index (χ4n) is 2.79. The van der Waals surface area contributed by atoms with Crippen molar-refractivity contribution in [3.63, 3.8) is 0 Å². The van der Waals surface area contributed by atoms with Crippen molar-refractivity contribution >= 4 is 11.4 Å². The maximum Gasteiger partial charge on any atom is 0.0443 e. The number of nitrogens with one attached hydrogen (secondary N) is 1. The van der Waals surface area contributed by atoms with E-state index in [4.69, 9.17) is 0 Å². The third-order valence-electron chi connectivity index (χ3n) is 4.42. The van der Waals surface area contributed by atoms with Gasteiger partial charge in [-0.05, 0) is 59.1 Å². The Labute approximate surface area is 142 Å². The standard InChI is InChI=1S/C22H31N/c1-15-13-18(22(6,7)8)14-16(2)20(15)23-19-11-9-17(10-12-19)21(3,4)5/h9-14,23H,1-8H3. The van der Waals surface area contributed by atoms with Crippen LogP contribution in [0.4, 0.5) is 11.4 Å². The molecule has 2 aromatic carbocycles. The van der Waals surface area contributed by atoms with Gasteiger partial charge in [0.15, 0.2) is 0 Å². The van der Waals surface area contributed by atoms with E-state index in [1.807, 2.05) is 0 Å². The Bertz CT molecular complexity index is 656. The van der Waals surface area contributed by atoms with Crippen molar-refractivity contribution in [1.29, 1.82) is 0 Å². The number of benzene rings is 2. The van der Waals surface area contributed by atoms with Gasteiger partial charge in [0, 0.05) is 11.4 Å². The quantitative estimate of drug-likeness (QED) is 0.655. The van der Waals surface area contributed by atoms with Gasteiger partial charge >= 0.3 is 0 Å². The molecular weight excluding hydrogens is 278 g/mol. The molecule has 2 rings (SSSR count). The molecule has 0 radical (unpaired) electrons. The Morgan fingerprint density at radius 3 is 1.48 bits per heavy atom. The van der Waals surface area contributed by atoms with Gasteiger partial charge in [0.05, 0.1) is 0 Å². The summed E-state index contributed by atoms with van der Waals surface area (Å²) in [6, 6.07) is 13.4. The molecule has 0 amide bonds. The predicted molar refractivity (Wildman–Crippen MR) is 103 cm³/mol. The number of rotatable bonds is 2. The van der Waals surface area contributed by atoms with Gasteiger partial charge in [0.25, 0.3) is 0 Å². The lowest BCUT2D eigenvalue weighted by Gasteiger charge is -2.23. The summed E-state index contributed by atoms with van der Waals surface area (Å²) < 4.78 is 0. The maximum absolute atomic E-state index is 3.60. The number of aryl methyl sites for hydroxylation is 2. The second-order valence-corrected chi connectivity index (χ2v) is 8.69. The summed E-state index contributed by atoms with van der Waals surface area (Å²) in [5.74, 6) is 0. The van der Waals surface area contributed by atoms with E-state index in [0.29, 0.717) is 0 Å². The van der Waals surface area contributed by atoms with Crippen molar-refractivity contribution in [3.8, 4) is 0 Å². The molecule has 0 saturated carbocycles. The van der Waals surface area contributed by atoms with E-state index in [1.54, 1.807) is 0 Å². The minimum absolute atomic E-state index is 0.183. The lowest BCUT2D eigenvalue weighted by molar-refractivity contribution is 0.589. The summed E-state index contributed by atoms with van der Waals surface area (Å²) in [4.78, 5) is 0. The third-order valence-corrected chi connectivity index (χ3v) is 4.42. The zero-order chi connectivity index (χ0) is 17.4. The highest BCUT2D eigenvalue weighted by molar-refractivity contribution is 5.67. The zero-order valence-corrected chi connectivity index (χ0v) is 16.0. The molecule has 0 aliphatic rings. The maximum atomic E-state index is 3.60. The highest BCUT2D eigenvalue weighted by Crippen LogP contribution is 2.32. The van der Waals surface area contributed by atoms with Crippen LogP contribution < -0.4 is 5.32 Å². The molecule has 1 heteroatoms. The van der Waals surface area contributed by atoms with Gasteiger partial charge < -0.3 is 5.32 Å². The molecule has 0 spiro atoms. The van der Waals surface area contributed by atoms with Gasteiger partial charge in [-0.1, -0.05) is 65.8 Å². The largest absolute Gasteiger partial charge is 0.355 e. The van der Waals surface area contributed by atoms with Crippen LogP contribution in [0.15, 0.2) is 36.4 Å². The van der Waals surface area contributed by atoms with E-state index < -0.39 is 0 Å². The highest BCUT2D eigenvalue weighted by Gasteiger charge is 2.17. The van der Waals surface area contributed by atoms with Crippen LogP contribution in [0.3, 0.4) is 0 Å². The number of hydrogen-bond acceptors (Lipinski definition) is 1.